The van der Waals surface area contributed by atoms with Gasteiger partial charge in [-0.3, -0.25) is 4.79 Å². The molecule has 0 bridgehead atoms. The average molecular weight is 397 g/mol. The molecule has 1 heterocycles. The number of hydrogen-bond donors (Lipinski definition) is 2. The van der Waals surface area contributed by atoms with Gasteiger partial charge >= 0.3 is 6.18 Å². The predicted octanol–water partition coefficient (Wildman–Crippen LogP) is 4.67. The molecule has 0 atom stereocenters. The van der Waals surface area contributed by atoms with Crippen LogP contribution in [0.3, 0.4) is 0 Å². The minimum absolute atomic E-state index is 0.0413. The summed E-state index contributed by atoms with van der Waals surface area (Å²) in [6.07, 6.45) is -4.43. The maximum Gasteiger partial charge on any atom is 0.416 e. The van der Waals surface area contributed by atoms with Crippen molar-refractivity contribution in [3.05, 3.63) is 77.1 Å². The van der Waals surface area contributed by atoms with Gasteiger partial charge in [0.2, 0.25) is 5.95 Å². The molecular weight excluding hydrogens is 383 g/mol. The standard InChI is InChI=1S/C20H14F3N5O/c1-12-10-17(18(29)27-16-5-3-2-4-13(16)11-24)28-19(25-12)26-15-8-6-14(7-9-15)20(21,22)23/h2-10H,1H3,(H,27,29)(H,25,26,28). The Bertz CT molecular complexity index is 1090. The number of anilines is 3. The molecule has 0 radical (unpaired) electrons. The van der Waals surface area contributed by atoms with Crippen molar-refractivity contribution in [1.29, 1.82) is 5.26 Å². The summed E-state index contributed by atoms with van der Waals surface area (Å²) in [5.74, 6) is -0.489. The molecule has 9 heteroatoms. The highest BCUT2D eigenvalue weighted by atomic mass is 19.4. The molecule has 6 nitrogen and oxygen atoms in total. The molecule has 0 aliphatic rings. The summed E-state index contributed by atoms with van der Waals surface area (Å²) in [4.78, 5) is 20.8. The van der Waals surface area contributed by atoms with Crippen molar-refractivity contribution in [2.75, 3.05) is 10.6 Å². The number of aromatic nitrogens is 2. The van der Waals surface area contributed by atoms with Crippen molar-refractivity contribution in [3.8, 4) is 6.07 Å². The molecule has 0 fully saturated rings. The van der Waals surface area contributed by atoms with Gasteiger partial charge in [0.05, 0.1) is 16.8 Å². The first-order chi connectivity index (χ1) is 13.8. The molecule has 2 aromatic carbocycles. The lowest BCUT2D eigenvalue weighted by Gasteiger charge is -2.11. The maximum absolute atomic E-state index is 12.7. The zero-order valence-corrected chi connectivity index (χ0v) is 15.1. The van der Waals surface area contributed by atoms with Crippen molar-refractivity contribution in [3.63, 3.8) is 0 Å². The van der Waals surface area contributed by atoms with E-state index in [1.807, 2.05) is 6.07 Å². The van der Waals surface area contributed by atoms with E-state index in [1.54, 1.807) is 31.2 Å². The number of rotatable bonds is 4. The third-order valence-electron chi connectivity index (χ3n) is 3.85. The van der Waals surface area contributed by atoms with Gasteiger partial charge < -0.3 is 10.6 Å². The van der Waals surface area contributed by atoms with E-state index in [2.05, 4.69) is 20.6 Å². The first kappa shape index (κ1) is 19.8. The largest absolute Gasteiger partial charge is 0.416 e. The van der Waals surface area contributed by atoms with Crippen LogP contribution in [0.25, 0.3) is 0 Å². The Kier molecular flexibility index (Phi) is 5.45. The summed E-state index contributed by atoms with van der Waals surface area (Å²) in [6.45, 7) is 1.65. The zero-order chi connectivity index (χ0) is 21.0. The highest BCUT2D eigenvalue weighted by Crippen LogP contribution is 2.30. The number of amides is 1. The monoisotopic (exact) mass is 397 g/mol. The number of para-hydroxylation sites is 1. The van der Waals surface area contributed by atoms with Gasteiger partial charge in [0, 0.05) is 11.4 Å². The van der Waals surface area contributed by atoms with Gasteiger partial charge in [-0.05, 0) is 49.4 Å². The fraction of sp³-hybridized carbons (Fsp3) is 0.100. The maximum atomic E-state index is 12.7. The summed E-state index contributed by atoms with van der Waals surface area (Å²) in [6, 6.07) is 14.3. The van der Waals surface area contributed by atoms with Gasteiger partial charge in [-0.25, -0.2) is 9.97 Å². The smallest absolute Gasteiger partial charge is 0.324 e. The van der Waals surface area contributed by atoms with Crippen LogP contribution in [0.1, 0.15) is 27.3 Å². The lowest BCUT2D eigenvalue weighted by atomic mass is 10.2. The summed E-state index contributed by atoms with van der Waals surface area (Å²) >= 11 is 0. The zero-order valence-electron chi connectivity index (χ0n) is 15.1. The van der Waals surface area contributed by atoms with E-state index < -0.39 is 17.6 Å². The Balaban J connectivity index is 1.81. The summed E-state index contributed by atoms with van der Waals surface area (Å²) in [7, 11) is 0. The number of aryl methyl sites for hydroxylation is 1. The molecule has 0 aliphatic carbocycles. The SMILES string of the molecule is Cc1cc(C(=O)Nc2ccccc2C#N)nc(Nc2ccc(C(F)(F)F)cc2)n1. The topological polar surface area (TPSA) is 90.7 Å². The molecule has 2 N–H and O–H groups in total. The molecule has 0 saturated heterocycles. The Morgan fingerprint density at radius 3 is 2.41 bits per heavy atom. The highest BCUT2D eigenvalue weighted by molar-refractivity contribution is 6.03. The quantitative estimate of drug-likeness (QED) is 0.668. The average Bonchev–Trinajstić information content (AvgIpc) is 2.67. The fourth-order valence-electron chi connectivity index (χ4n) is 2.49. The lowest BCUT2D eigenvalue weighted by molar-refractivity contribution is -0.137. The molecule has 3 rings (SSSR count). The van der Waals surface area contributed by atoms with Crippen LogP contribution in [0.2, 0.25) is 0 Å². The number of halogens is 3. The van der Waals surface area contributed by atoms with E-state index in [4.69, 9.17) is 5.26 Å². The number of hydrogen-bond acceptors (Lipinski definition) is 5. The van der Waals surface area contributed by atoms with Crippen LogP contribution in [-0.2, 0) is 6.18 Å². The molecule has 0 spiro atoms. The van der Waals surface area contributed by atoms with E-state index in [1.165, 1.54) is 18.2 Å². The number of carbonyl (C=O) groups excluding carboxylic acids is 1. The number of alkyl halides is 3. The van der Waals surface area contributed by atoms with Crippen LogP contribution in [0.15, 0.2) is 54.6 Å². The Morgan fingerprint density at radius 2 is 1.76 bits per heavy atom. The predicted molar refractivity (Wildman–Crippen MR) is 101 cm³/mol. The molecule has 3 aromatic rings. The number of nitriles is 1. The second kappa shape index (κ2) is 7.98. The van der Waals surface area contributed by atoms with Gasteiger partial charge in [-0.1, -0.05) is 12.1 Å². The van der Waals surface area contributed by atoms with Gasteiger partial charge in [0.1, 0.15) is 11.8 Å². The Hall–Kier alpha value is -3.93. The first-order valence-electron chi connectivity index (χ1n) is 8.37. The number of benzene rings is 2. The lowest BCUT2D eigenvalue weighted by Crippen LogP contribution is -2.16. The van der Waals surface area contributed by atoms with Crippen LogP contribution in [0.4, 0.5) is 30.5 Å². The van der Waals surface area contributed by atoms with Gasteiger partial charge in [0.25, 0.3) is 5.91 Å². The van der Waals surface area contributed by atoms with Crippen molar-refractivity contribution in [2.45, 2.75) is 13.1 Å². The van der Waals surface area contributed by atoms with E-state index in [9.17, 15) is 18.0 Å². The van der Waals surface area contributed by atoms with Crippen molar-refractivity contribution in [1.82, 2.24) is 9.97 Å². The third kappa shape index (κ3) is 4.87. The number of nitrogens with zero attached hydrogens (tertiary/aromatic N) is 3. The fourth-order valence-corrected chi connectivity index (χ4v) is 2.49. The van der Waals surface area contributed by atoms with Crippen LogP contribution in [0, 0.1) is 18.3 Å². The van der Waals surface area contributed by atoms with Crippen LogP contribution in [0.5, 0.6) is 0 Å². The minimum Gasteiger partial charge on any atom is -0.324 e. The summed E-state index contributed by atoms with van der Waals surface area (Å²) in [5, 5.41) is 14.5. The van der Waals surface area contributed by atoms with Gasteiger partial charge in [0.15, 0.2) is 0 Å². The summed E-state index contributed by atoms with van der Waals surface area (Å²) in [5.41, 5.74) is 0.727. The molecule has 1 amide bonds. The van der Waals surface area contributed by atoms with E-state index in [0.717, 1.165) is 12.1 Å². The third-order valence-corrected chi connectivity index (χ3v) is 3.85. The second-order valence-corrected chi connectivity index (χ2v) is 6.03. The van der Waals surface area contributed by atoms with E-state index >= 15 is 0 Å². The number of nitrogens with one attached hydrogen (secondary N) is 2. The molecule has 29 heavy (non-hydrogen) atoms. The van der Waals surface area contributed by atoms with Crippen LogP contribution < -0.4 is 10.6 Å². The van der Waals surface area contributed by atoms with Crippen molar-refractivity contribution >= 4 is 23.2 Å². The Labute approximate surface area is 164 Å². The molecule has 0 unspecified atom stereocenters. The van der Waals surface area contributed by atoms with E-state index in [-0.39, 0.29) is 11.6 Å². The van der Waals surface area contributed by atoms with Crippen molar-refractivity contribution < 1.29 is 18.0 Å². The highest BCUT2D eigenvalue weighted by Gasteiger charge is 2.29. The summed E-state index contributed by atoms with van der Waals surface area (Å²) < 4.78 is 38.0. The molecule has 1 aromatic heterocycles. The van der Waals surface area contributed by atoms with Gasteiger partial charge in [-0.15, -0.1) is 0 Å². The Morgan fingerprint density at radius 1 is 1.07 bits per heavy atom. The normalized spacial score (nSPS) is 10.9. The van der Waals surface area contributed by atoms with Crippen LogP contribution >= 0.6 is 0 Å². The molecule has 0 saturated carbocycles. The van der Waals surface area contributed by atoms with Gasteiger partial charge in [-0.2, -0.15) is 18.4 Å². The molecule has 0 aliphatic heterocycles. The first-order valence-corrected chi connectivity index (χ1v) is 8.37. The molecule has 146 valence electrons. The molecular formula is C20H14F3N5O. The second-order valence-electron chi connectivity index (χ2n) is 6.03. The van der Waals surface area contributed by atoms with Crippen LogP contribution in [-0.4, -0.2) is 15.9 Å². The number of carbonyl (C=O) groups is 1. The van der Waals surface area contributed by atoms with Crippen molar-refractivity contribution in [2.24, 2.45) is 0 Å². The minimum atomic E-state index is -4.43. The van der Waals surface area contributed by atoms with E-state index in [0.29, 0.717) is 22.6 Å².